The summed E-state index contributed by atoms with van der Waals surface area (Å²) < 4.78 is 1.13. The molecule has 0 saturated carbocycles. The number of carbonyl (C=O) groups is 1. The van der Waals surface area contributed by atoms with E-state index < -0.39 is 5.60 Å². The molecule has 1 aromatic heterocycles. The Morgan fingerprint density at radius 2 is 1.88 bits per heavy atom. The van der Waals surface area contributed by atoms with Crippen molar-refractivity contribution in [1.29, 1.82) is 0 Å². The van der Waals surface area contributed by atoms with Crippen LogP contribution in [0.15, 0.2) is 66.7 Å². The van der Waals surface area contributed by atoms with Gasteiger partial charge in [-0.15, -0.1) is 11.3 Å². The fourth-order valence-electron chi connectivity index (χ4n) is 2.39. The molecule has 0 saturated heterocycles. The van der Waals surface area contributed by atoms with Gasteiger partial charge in [-0.05, 0) is 36.1 Å². The largest absolute Gasteiger partial charge is 0.383 e. The van der Waals surface area contributed by atoms with Crippen molar-refractivity contribution >= 4 is 33.4 Å². The summed E-state index contributed by atoms with van der Waals surface area (Å²) in [5.41, 5.74) is -0.135. The van der Waals surface area contributed by atoms with Crippen LogP contribution in [0.1, 0.15) is 17.4 Å². The third-order valence-electron chi connectivity index (χ3n) is 3.79. The number of benzene rings is 2. The number of aliphatic hydroxyl groups is 1. The van der Waals surface area contributed by atoms with Gasteiger partial charge < -0.3 is 10.4 Å². The maximum atomic E-state index is 12.0. The second-order valence-corrected chi connectivity index (χ2v) is 6.97. The second-order valence-electron chi connectivity index (χ2n) is 5.88. The van der Waals surface area contributed by atoms with Gasteiger partial charge in [-0.25, -0.2) is 0 Å². The van der Waals surface area contributed by atoms with Crippen LogP contribution in [0.4, 0.5) is 0 Å². The van der Waals surface area contributed by atoms with E-state index in [4.69, 9.17) is 0 Å². The molecule has 1 atom stereocenters. The Hall–Kier alpha value is -2.43. The summed E-state index contributed by atoms with van der Waals surface area (Å²) in [6.45, 7) is 1.89. The van der Waals surface area contributed by atoms with Crippen LogP contribution in [0.25, 0.3) is 16.2 Å². The van der Waals surface area contributed by atoms with Gasteiger partial charge in [0.25, 0.3) is 0 Å². The molecule has 0 aliphatic carbocycles. The Morgan fingerprint density at radius 3 is 2.62 bits per heavy atom. The highest BCUT2D eigenvalue weighted by Gasteiger charge is 2.25. The van der Waals surface area contributed by atoms with Crippen molar-refractivity contribution in [3.63, 3.8) is 0 Å². The number of amides is 1. The van der Waals surface area contributed by atoms with Gasteiger partial charge in [-0.3, -0.25) is 4.79 Å². The van der Waals surface area contributed by atoms with Gasteiger partial charge >= 0.3 is 0 Å². The summed E-state index contributed by atoms with van der Waals surface area (Å²) in [6.07, 6.45) is 3.24. The van der Waals surface area contributed by atoms with Crippen LogP contribution in [0.3, 0.4) is 0 Å². The lowest BCUT2D eigenvalue weighted by Crippen LogP contribution is -2.37. The quantitative estimate of drug-likeness (QED) is 0.693. The molecule has 0 spiro atoms. The highest BCUT2D eigenvalue weighted by molar-refractivity contribution is 7.19. The summed E-state index contributed by atoms with van der Waals surface area (Å²) in [6, 6.07) is 19.6. The Kier molecular flexibility index (Phi) is 4.79. The highest BCUT2D eigenvalue weighted by atomic mass is 32.1. The monoisotopic (exact) mass is 337 g/mol. The standard InChI is InChI=1S/C20H19NO2S/c1-20(23,18-13-16-9-5-6-10-17(16)24-18)14-21-19(22)12-11-15-7-3-2-4-8-15/h2-13,23H,14H2,1H3,(H,21,22)/b12-11+/t20-/m0/s1. The molecule has 0 unspecified atom stereocenters. The maximum absolute atomic E-state index is 12.0. The molecule has 122 valence electrons. The predicted molar refractivity (Wildman–Crippen MR) is 99.9 cm³/mol. The molecule has 2 N–H and O–H groups in total. The van der Waals surface area contributed by atoms with Crippen molar-refractivity contribution < 1.29 is 9.90 Å². The van der Waals surface area contributed by atoms with Crippen molar-refractivity contribution in [3.05, 3.63) is 77.2 Å². The summed E-state index contributed by atoms with van der Waals surface area (Å²) in [7, 11) is 0. The Balaban J connectivity index is 1.64. The van der Waals surface area contributed by atoms with E-state index in [1.807, 2.05) is 60.7 Å². The van der Waals surface area contributed by atoms with Crippen molar-refractivity contribution in [2.24, 2.45) is 0 Å². The number of carbonyl (C=O) groups excluding carboxylic acids is 1. The van der Waals surface area contributed by atoms with Gasteiger partial charge in [0.15, 0.2) is 0 Å². The molecule has 0 fully saturated rings. The van der Waals surface area contributed by atoms with E-state index >= 15 is 0 Å². The Labute approximate surface area is 145 Å². The van der Waals surface area contributed by atoms with Crippen molar-refractivity contribution in [2.75, 3.05) is 6.54 Å². The van der Waals surface area contributed by atoms with Gasteiger partial charge in [0.2, 0.25) is 5.91 Å². The van der Waals surface area contributed by atoms with E-state index in [9.17, 15) is 9.90 Å². The van der Waals surface area contributed by atoms with Crippen LogP contribution in [0, 0.1) is 0 Å². The second kappa shape index (κ2) is 6.99. The molecule has 3 nitrogen and oxygen atoms in total. The Bertz CT molecular complexity index is 832. The first-order valence-corrected chi connectivity index (χ1v) is 8.59. The van der Waals surface area contributed by atoms with Crippen LogP contribution < -0.4 is 5.32 Å². The third-order valence-corrected chi connectivity index (χ3v) is 5.16. The Morgan fingerprint density at radius 1 is 1.17 bits per heavy atom. The fourth-order valence-corrected chi connectivity index (χ4v) is 3.49. The van der Waals surface area contributed by atoms with Gasteiger partial charge in [0, 0.05) is 15.7 Å². The highest BCUT2D eigenvalue weighted by Crippen LogP contribution is 2.32. The zero-order valence-corrected chi connectivity index (χ0v) is 14.2. The van der Waals surface area contributed by atoms with Crippen LogP contribution in [0.5, 0.6) is 0 Å². The number of hydrogen-bond donors (Lipinski definition) is 2. The van der Waals surface area contributed by atoms with Gasteiger partial charge in [0.1, 0.15) is 5.60 Å². The van der Waals surface area contributed by atoms with E-state index in [1.54, 1.807) is 24.3 Å². The van der Waals surface area contributed by atoms with Crippen LogP contribution in [-0.4, -0.2) is 17.6 Å². The summed E-state index contributed by atoms with van der Waals surface area (Å²) in [5.74, 6) is -0.222. The molecule has 2 aromatic carbocycles. The third kappa shape index (κ3) is 3.91. The van der Waals surface area contributed by atoms with Crippen molar-refractivity contribution in [1.82, 2.24) is 5.32 Å². The molecule has 0 aliphatic rings. The fraction of sp³-hybridized carbons (Fsp3) is 0.150. The van der Waals surface area contributed by atoms with Crippen molar-refractivity contribution in [2.45, 2.75) is 12.5 Å². The lowest BCUT2D eigenvalue weighted by Gasteiger charge is -2.21. The first kappa shape index (κ1) is 16.4. The lowest BCUT2D eigenvalue weighted by molar-refractivity contribution is -0.117. The minimum atomic E-state index is -1.10. The average molecular weight is 337 g/mol. The van der Waals surface area contributed by atoms with Crippen LogP contribution in [0.2, 0.25) is 0 Å². The molecule has 0 radical (unpaired) electrons. The van der Waals surface area contributed by atoms with Gasteiger partial charge in [-0.2, -0.15) is 0 Å². The van der Waals surface area contributed by atoms with Gasteiger partial charge in [0.05, 0.1) is 6.54 Å². The number of thiophene rings is 1. The SMILES string of the molecule is C[C@](O)(CNC(=O)/C=C/c1ccccc1)c1cc2ccccc2s1. The maximum Gasteiger partial charge on any atom is 0.244 e. The predicted octanol–water partition coefficient (Wildman–Crippen LogP) is 3.94. The molecule has 3 aromatic rings. The normalized spacial score (nSPS) is 13.9. The molecule has 0 bridgehead atoms. The number of nitrogens with one attached hydrogen (secondary N) is 1. The first-order valence-electron chi connectivity index (χ1n) is 7.77. The van der Waals surface area contributed by atoms with E-state index in [0.29, 0.717) is 0 Å². The molecule has 1 amide bonds. The molecule has 3 rings (SSSR count). The molecule has 4 heteroatoms. The summed E-state index contributed by atoms with van der Waals surface area (Å²) in [5, 5.41) is 14.6. The van der Waals surface area contributed by atoms with Crippen LogP contribution in [-0.2, 0) is 10.4 Å². The molecule has 24 heavy (non-hydrogen) atoms. The first-order chi connectivity index (χ1) is 11.5. The lowest BCUT2D eigenvalue weighted by atomic mass is 10.0. The minimum absolute atomic E-state index is 0.164. The molecular formula is C20H19NO2S. The van der Waals surface area contributed by atoms with Crippen molar-refractivity contribution in [3.8, 4) is 0 Å². The van der Waals surface area contributed by atoms with Crippen LogP contribution >= 0.6 is 11.3 Å². The van der Waals surface area contributed by atoms with E-state index in [0.717, 1.165) is 20.5 Å². The average Bonchev–Trinajstić information content (AvgIpc) is 3.04. The number of fused-ring (bicyclic) bond motifs is 1. The summed E-state index contributed by atoms with van der Waals surface area (Å²) in [4.78, 5) is 12.8. The van der Waals surface area contributed by atoms with E-state index in [1.165, 1.54) is 6.08 Å². The smallest absolute Gasteiger partial charge is 0.244 e. The molecule has 0 aliphatic heterocycles. The topological polar surface area (TPSA) is 49.3 Å². The van der Waals surface area contributed by atoms with E-state index in [-0.39, 0.29) is 12.5 Å². The minimum Gasteiger partial charge on any atom is -0.383 e. The zero-order chi connectivity index (χ0) is 17.0. The molecule has 1 heterocycles. The zero-order valence-electron chi connectivity index (χ0n) is 13.4. The molecular weight excluding hydrogens is 318 g/mol. The number of rotatable bonds is 5. The van der Waals surface area contributed by atoms with Gasteiger partial charge in [-0.1, -0.05) is 48.5 Å². The number of hydrogen-bond acceptors (Lipinski definition) is 3. The summed E-state index contributed by atoms with van der Waals surface area (Å²) >= 11 is 1.55. The van der Waals surface area contributed by atoms with E-state index in [2.05, 4.69) is 5.32 Å².